The summed E-state index contributed by atoms with van der Waals surface area (Å²) in [7, 11) is 0. The third kappa shape index (κ3) is 3.54. The molecule has 0 aromatic carbocycles. The van der Waals surface area contributed by atoms with Crippen molar-refractivity contribution in [1.29, 1.82) is 0 Å². The summed E-state index contributed by atoms with van der Waals surface area (Å²) in [5.74, 6) is 0. The lowest BCUT2D eigenvalue weighted by atomic mass is 10.1. The first-order chi connectivity index (χ1) is 9.19. The minimum Gasteiger partial charge on any atom is -0.331 e. The van der Waals surface area contributed by atoms with Gasteiger partial charge in [0, 0.05) is 25.1 Å². The molecule has 2 amide bonds. The molecule has 2 heterocycles. The van der Waals surface area contributed by atoms with Crippen molar-refractivity contribution in [2.75, 3.05) is 5.32 Å². The Morgan fingerprint density at radius 3 is 2.95 bits per heavy atom. The Morgan fingerprint density at radius 1 is 1.47 bits per heavy atom. The highest BCUT2D eigenvalue weighted by Gasteiger charge is 2.10. The molecule has 0 aliphatic carbocycles. The number of hydrogen-bond donors (Lipinski definition) is 2. The van der Waals surface area contributed by atoms with Gasteiger partial charge in [-0.1, -0.05) is 6.07 Å². The van der Waals surface area contributed by atoms with Gasteiger partial charge in [0.25, 0.3) is 0 Å². The number of anilines is 1. The standard InChI is InChI=1S/C13H17N5O/c1-3-18-9-12(8-15-18)17-13(19)16-10(2)11-5-4-6-14-7-11/h4-10H,3H2,1-2H3,(H2,16,17,19)/t10-/m1/s1. The van der Waals surface area contributed by atoms with Gasteiger partial charge in [-0.3, -0.25) is 9.67 Å². The van der Waals surface area contributed by atoms with E-state index in [-0.39, 0.29) is 12.1 Å². The molecular formula is C13H17N5O. The van der Waals surface area contributed by atoms with Crippen LogP contribution in [0.4, 0.5) is 10.5 Å². The lowest BCUT2D eigenvalue weighted by molar-refractivity contribution is 0.249. The second-order valence-corrected chi connectivity index (χ2v) is 4.19. The van der Waals surface area contributed by atoms with Gasteiger partial charge in [0.15, 0.2) is 0 Å². The Kier molecular flexibility index (Phi) is 4.12. The largest absolute Gasteiger partial charge is 0.331 e. The van der Waals surface area contributed by atoms with Crippen LogP contribution in [0.15, 0.2) is 36.9 Å². The summed E-state index contributed by atoms with van der Waals surface area (Å²) in [5.41, 5.74) is 1.64. The SMILES string of the molecule is CCn1cc(NC(=O)N[C@H](C)c2cccnc2)cn1. The molecule has 6 heteroatoms. The average molecular weight is 259 g/mol. The normalized spacial score (nSPS) is 11.9. The smallest absolute Gasteiger partial charge is 0.319 e. The summed E-state index contributed by atoms with van der Waals surface area (Å²) in [6.07, 6.45) is 6.85. The van der Waals surface area contributed by atoms with Crippen molar-refractivity contribution in [2.45, 2.75) is 26.4 Å². The Morgan fingerprint density at radius 2 is 2.32 bits per heavy atom. The van der Waals surface area contributed by atoms with Crippen LogP contribution >= 0.6 is 0 Å². The summed E-state index contributed by atoms with van der Waals surface area (Å²) in [6.45, 7) is 4.67. The third-order valence-corrected chi connectivity index (χ3v) is 2.75. The molecule has 100 valence electrons. The van der Waals surface area contributed by atoms with E-state index in [0.717, 1.165) is 12.1 Å². The number of amides is 2. The molecule has 0 spiro atoms. The van der Waals surface area contributed by atoms with E-state index in [2.05, 4.69) is 20.7 Å². The van der Waals surface area contributed by atoms with Crippen LogP contribution in [-0.2, 0) is 6.54 Å². The van der Waals surface area contributed by atoms with Crippen molar-refractivity contribution >= 4 is 11.7 Å². The summed E-state index contributed by atoms with van der Waals surface area (Å²) >= 11 is 0. The lowest BCUT2D eigenvalue weighted by Crippen LogP contribution is -2.31. The quantitative estimate of drug-likeness (QED) is 0.884. The maximum absolute atomic E-state index is 11.8. The Balaban J connectivity index is 1.91. The maximum Gasteiger partial charge on any atom is 0.319 e. The molecule has 0 radical (unpaired) electrons. The van der Waals surface area contributed by atoms with Gasteiger partial charge in [0.1, 0.15) is 0 Å². The molecule has 0 aliphatic rings. The van der Waals surface area contributed by atoms with Crippen molar-refractivity contribution < 1.29 is 4.79 Å². The molecular weight excluding hydrogens is 242 g/mol. The maximum atomic E-state index is 11.8. The Labute approximate surface area is 111 Å². The van der Waals surface area contributed by atoms with Crippen LogP contribution in [0, 0.1) is 0 Å². The molecule has 2 aromatic heterocycles. The molecule has 6 nitrogen and oxygen atoms in total. The fourth-order valence-corrected chi connectivity index (χ4v) is 1.68. The molecule has 2 rings (SSSR count). The summed E-state index contributed by atoms with van der Waals surface area (Å²) in [6, 6.07) is 3.41. The second kappa shape index (κ2) is 5.99. The first-order valence-corrected chi connectivity index (χ1v) is 6.19. The summed E-state index contributed by atoms with van der Waals surface area (Å²) < 4.78 is 1.75. The zero-order valence-electron chi connectivity index (χ0n) is 11.0. The zero-order chi connectivity index (χ0) is 13.7. The van der Waals surface area contributed by atoms with Crippen LogP contribution in [0.5, 0.6) is 0 Å². The van der Waals surface area contributed by atoms with Gasteiger partial charge in [0.2, 0.25) is 0 Å². The van der Waals surface area contributed by atoms with E-state index in [4.69, 9.17) is 0 Å². The summed E-state index contributed by atoms with van der Waals surface area (Å²) in [5, 5.41) is 9.68. The highest BCUT2D eigenvalue weighted by atomic mass is 16.2. The molecule has 2 N–H and O–H groups in total. The fraction of sp³-hybridized carbons (Fsp3) is 0.308. The molecule has 0 aliphatic heterocycles. The number of rotatable bonds is 4. The average Bonchev–Trinajstić information content (AvgIpc) is 2.87. The highest BCUT2D eigenvalue weighted by molar-refractivity contribution is 5.89. The first-order valence-electron chi connectivity index (χ1n) is 6.19. The van der Waals surface area contributed by atoms with Crippen molar-refractivity contribution in [3.63, 3.8) is 0 Å². The molecule has 19 heavy (non-hydrogen) atoms. The van der Waals surface area contributed by atoms with Gasteiger partial charge in [-0.25, -0.2) is 4.79 Å². The van der Waals surface area contributed by atoms with Crippen LogP contribution < -0.4 is 10.6 Å². The van der Waals surface area contributed by atoms with Crippen molar-refractivity contribution in [1.82, 2.24) is 20.1 Å². The van der Waals surface area contributed by atoms with Gasteiger partial charge < -0.3 is 10.6 Å². The minimum atomic E-state index is -0.257. The van der Waals surface area contributed by atoms with E-state index in [1.165, 1.54) is 0 Å². The lowest BCUT2D eigenvalue weighted by Gasteiger charge is -2.13. The fourth-order valence-electron chi connectivity index (χ4n) is 1.68. The number of aryl methyl sites for hydroxylation is 1. The predicted octanol–water partition coefficient (Wildman–Crippen LogP) is 2.18. The second-order valence-electron chi connectivity index (χ2n) is 4.19. The molecule has 0 saturated carbocycles. The van der Waals surface area contributed by atoms with E-state index in [1.807, 2.05) is 26.0 Å². The number of urea groups is 1. The van der Waals surface area contributed by atoms with Crippen LogP contribution in [0.3, 0.4) is 0 Å². The van der Waals surface area contributed by atoms with Crippen molar-refractivity contribution in [2.24, 2.45) is 0 Å². The first kappa shape index (κ1) is 13.1. The molecule has 2 aromatic rings. The monoisotopic (exact) mass is 259 g/mol. The summed E-state index contributed by atoms with van der Waals surface area (Å²) in [4.78, 5) is 15.8. The van der Waals surface area contributed by atoms with Gasteiger partial charge in [-0.15, -0.1) is 0 Å². The van der Waals surface area contributed by atoms with E-state index in [1.54, 1.807) is 29.5 Å². The van der Waals surface area contributed by atoms with E-state index in [0.29, 0.717) is 5.69 Å². The van der Waals surface area contributed by atoms with Crippen molar-refractivity contribution in [3.05, 3.63) is 42.5 Å². The van der Waals surface area contributed by atoms with Crippen molar-refractivity contribution in [3.8, 4) is 0 Å². The molecule has 1 atom stereocenters. The van der Waals surface area contributed by atoms with Gasteiger partial charge in [-0.05, 0) is 25.5 Å². The van der Waals surface area contributed by atoms with Gasteiger partial charge in [-0.2, -0.15) is 5.10 Å². The van der Waals surface area contributed by atoms with Crippen LogP contribution in [0.2, 0.25) is 0 Å². The highest BCUT2D eigenvalue weighted by Crippen LogP contribution is 2.10. The van der Waals surface area contributed by atoms with Gasteiger partial charge >= 0.3 is 6.03 Å². The van der Waals surface area contributed by atoms with Crippen LogP contribution in [-0.4, -0.2) is 20.8 Å². The minimum absolute atomic E-state index is 0.102. The third-order valence-electron chi connectivity index (χ3n) is 2.75. The Bertz CT molecular complexity index is 537. The molecule has 0 bridgehead atoms. The van der Waals surface area contributed by atoms with E-state index in [9.17, 15) is 4.79 Å². The molecule has 0 unspecified atom stereocenters. The molecule has 0 fully saturated rings. The number of carbonyl (C=O) groups excluding carboxylic acids is 1. The van der Waals surface area contributed by atoms with E-state index < -0.39 is 0 Å². The van der Waals surface area contributed by atoms with E-state index >= 15 is 0 Å². The van der Waals surface area contributed by atoms with Gasteiger partial charge in [0.05, 0.1) is 17.9 Å². The number of nitrogens with zero attached hydrogens (tertiary/aromatic N) is 3. The number of aromatic nitrogens is 3. The molecule has 0 saturated heterocycles. The number of carbonyl (C=O) groups is 1. The van der Waals surface area contributed by atoms with Crippen LogP contribution in [0.25, 0.3) is 0 Å². The topological polar surface area (TPSA) is 71.8 Å². The number of pyridine rings is 1. The number of hydrogen-bond acceptors (Lipinski definition) is 3. The zero-order valence-corrected chi connectivity index (χ0v) is 11.0. The number of nitrogens with one attached hydrogen (secondary N) is 2. The predicted molar refractivity (Wildman–Crippen MR) is 72.7 cm³/mol. The van der Waals surface area contributed by atoms with Crippen LogP contribution in [0.1, 0.15) is 25.5 Å². The Hall–Kier alpha value is -2.37.